The number of nitrogens with zero attached hydrogens (tertiary/aromatic N) is 3. The van der Waals surface area contributed by atoms with E-state index in [1.807, 2.05) is 0 Å². The van der Waals surface area contributed by atoms with Crippen molar-refractivity contribution in [2.75, 3.05) is 20.2 Å². The molecule has 21 heavy (non-hydrogen) atoms. The fraction of sp³-hybridized carbons (Fsp3) is 0.583. The number of piperidine rings is 1. The SMILES string of the molecule is COC1CN(S(=O)(=O)c2c(Cl)nc3sccn23)CCC1C. The van der Waals surface area contributed by atoms with Gasteiger partial charge < -0.3 is 4.74 Å². The van der Waals surface area contributed by atoms with Crippen molar-refractivity contribution in [3.63, 3.8) is 0 Å². The molecule has 1 saturated heterocycles. The molecular weight excluding hydrogens is 334 g/mol. The molecule has 0 radical (unpaired) electrons. The van der Waals surface area contributed by atoms with Gasteiger partial charge in [-0.05, 0) is 12.3 Å². The third kappa shape index (κ3) is 2.49. The Morgan fingerprint density at radius 2 is 2.29 bits per heavy atom. The molecule has 1 fully saturated rings. The third-order valence-electron chi connectivity index (χ3n) is 3.92. The first-order chi connectivity index (χ1) is 9.95. The molecule has 9 heteroatoms. The molecule has 3 heterocycles. The summed E-state index contributed by atoms with van der Waals surface area (Å²) in [6.45, 7) is 2.88. The van der Waals surface area contributed by atoms with Crippen molar-refractivity contribution in [1.82, 2.24) is 13.7 Å². The summed E-state index contributed by atoms with van der Waals surface area (Å²) in [4.78, 5) is 4.67. The summed E-state index contributed by atoms with van der Waals surface area (Å²) in [7, 11) is -2.07. The van der Waals surface area contributed by atoms with Gasteiger partial charge in [0, 0.05) is 31.8 Å². The number of hydrogen-bond acceptors (Lipinski definition) is 5. The number of halogens is 1. The summed E-state index contributed by atoms with van der Waals surface area (Å²) < 4.78 is 34.1. The number of rotatable bonds is 3. The lowest BCUT2D eigenvalue weighted by atomic mass is 9.97. The van der Waals surface area contributed by atoms with Gasteiger partial charge in [-0.3, -0.25) is 4.40 Å². The zero-order valence-electron chi connectivity index (χ0n) is 11.7. The number of methoxy groups -OCH3 is 1. The van der Waals surface area contributed by atoms with Crippen molar-refractivity contribution in [3.8, 4) is 0 Å². The minimum absolute atomic E-state index is 0.0226. The Kier molecular flexibility index (Phi) is 4.00. The predicted molar refractivity (Wildman–Crippen MR) is 81.4 cm³/mol. The van der Waals surface area contributed by atoms with Crippen LogP contribution in [0, 0.1) is 5.92 Å². The van der Waals surface area contributed by atoms with E-state index in [1.54, 1.807) is 18.7 Å². The molecule has 0 saturated carbocycles. The van der Waals surface area contributed by atoms with E-state index >= 15 is 0 Å². The molecular formula is C12H16ClN3O3S2. The van der Waals surface area contributed by atoms with Gasteiger partial charge in [0.2, 0.25) is 0 Å². The minimum atomic E-state index is -3.68. The zero-order valence-corrected chi connectivity index (χ0v) is 14.1. The second-order valence-corrected chi connectivity index (χ2v) is 8.25. The Hall–Kier alpha value is -0.670. The highest BCUT2D eigenvalue weighted by atomic mass is 35.5. The van der Waals surface area contributed by atoms with E-state index in [2.05, 4.69) is 11.9 Å². The molecule has 0 amide bonds. The maximum atomic E-state index is 12.9. The van der Waals surface area contributed by atoms with Crippen LogP contribution in [0.15, 0.2) is 16.6 Å². The summed E-state index contributed by atoms with van der Waals surface area (Å²) in [5.41, 5.74) is 0. The molecule has 2 atom stereocenters. The lowest BCUT2D eigenvalue weighted by Crippen LogP contribution is -2.46. The first kappa shape index (κ1) is 15.2. The van der Waals surface area contributed by atoms with E-state index < -0.39 is 10.0 Å². The fourth-order valence-corrected chi connectivity index (χ4v) is 5.50. The van der Waals surface area contributed by atoms with Crippen LogP contribution in [0.4, 0.5) is 0 Å². The maximum absolute atomic E-state index is 12.9. The van der Waals surface area contributed by atoms with Crippen LogP contribution in [0.3, 0.4) is 0 Å². The fourth-order valence-electron chi connectivity index (χ4n) is 2.62. The number of aromatic nitrogens is 2. The van der Waals surface area contributed by atoms with Gasteiger partial charge in [0.15, 0.2) is 15.1 Å². The van der Waals surface area contributed by atoms with Gasteiger partial charge in [-0.25, -0.2) is 13.4 Å². The quantitative estimate of drug-likeness (QED) is 0.851. The van der Waals surface area contributed by atoms with E-state index in [-0.39, 0.29) is 16.3 Å². The third-order valence-corrected chi connectivity index (χ3v) is 6.94. The highest BCUT2D eigenvalue weighted by Crippen LogP contribution is 2.30. The largest absolute Gasteiger partial charge is 0.380 e. The lowest BCUT2D eigenvalue weighted by Gasteiger charge is -2.35. The number of imidazole rings is 1. The van der Waals surface area contributed by atoms with Crippen LogP contribution in [0.5, 0.6) is 0 Å². The average molecular weight is 350 g/mol. The molecule has 0 aromatic carbocycles. The second-order valence-electron chi connectivity index (χ2n) is 5.17. The van der Waals surface area contributed by atoms with Gasteiger partial charge in [-0.2, -0.15) is 4.31 Å². The molecule has 6 nitrogen and oxygen atoms in total. The van der Waals surface area contributed by atoms with Crippen LogP contribution in [-0.2, 0) is 14.8 Å². The Morgan fingerprint density at radius 1 is 1.52 bits per heavy atom. The first-order valence-electron chi connectivity index (χ1n) is 6.59. The van der Waals surface area contributed by atoms with Crippen LogP contribution in [0.2, 0.25) is 5.15 Å². The second kappa shape index (κ2) is 5.51. The number of thiazole rings is 1. The van der Waals surface area contributed by atoms with Gasteiger partial charge in [0.05, 0.1) is 6.10 Å². The molecule has 0 spiro atoms. The van der Waals surface area contributed by atoms with Gasteiger partial charge in [-0.1, -0.05) is 18.5 Å². The number of hydrogen-bond donors (Lipinski definition) is 0. The zero-order chi connectivity index (χ0) is 15.2. The van der Waals surface area contributed by atoms with Crippen molar-refractivity contribution < 1.29 is 13.2 Å². The first-order valence-corrected chi connectivity index (χ1v) is 9.29. The van der Waals surface area contributed by atoms with Gasteiger partial charge in [0.1, 0.15) is 0 Å². The summed E-state index contributed by atoms with van der Waals surface area (Å²) in [6.07, 6.45) is 2.34. The standard InChI is InChI=1S/C12H16ClN3O3S2/c1-8-3-4-15(7-9(8)19-2)21(17,18)11-10(13)14-12-16(11)5-6-20-12/h5-6,8-9H,3-4,7H2,1-2H3. The van der Waals surface area contributed by atoms with Gasteiger partial charge >= 0.3 is 0 Å². The monoisotopic (exact) mass is 349 g/mol. The number of fused-ring (bicyclic) bond motifs is 1. The van der Waals surface area contributed by atoms with E-state index in [9.17, 15) is 8.42 Å². The number of sulfonamides is 1. The normalized spacial score (nSPS) is 24.7. The molecule has 3 rings (SSSR count). The van der Waals surface area contributed by atoms with Crippen LogP contribution >= 0.6 is 22.9 Å². The Bertz CT molecular complexity index is 755. The molecule has 2 aromatic rings. The molecule has 0 bridgehead atoms. The Morgan fingerprint density at radius 3 is 3.00 bits per heavy atom. The maximum Gasteiger partial charge on any atom is 0.262 e. The molecule has 0 N–H and O–H groups in total. The van der Waals surface area contributed by atoms with E-state index in [0.29, 0.717) is 24.0 Å². The number of ether oxygens (including phenoxy) is 1. The molecule has 2 aromatic heterocycles. The van der Waals surface area contributed by atoms with Gasteiger partial charge in [0.25, 0.3) is 10.0 Å². The summed E-state index contributed by atoms with van der Waals surface area (Å²) in [5.74, 6) is 0.337. The van der Waals surface area contributed by atoms with Crippen LogP contribution in [0.1, 0.15) is 13.3 Å². The topological polar surface area (TPSA) is 63.9 Å². The van der Waals surface area contributed by atoms with Crippen molar-refractivity contribution >= 4 is 37.9 Å². The predicted octanol–water partition coefficient (Wildman–Crippen LogP) is 2.09. The van der Waals surface area contributed by atoms with Crippen molar-refractivity contribution in [3.05, 3.63) is 16.7 Å². The van der Waals surface area contributed by atoms with Crippen LogP contribution < -0.4 is 0 Å². The average Bonchev–Trinajstić information content (AvgIpc) is 2.98. The molecule has 0 aliphatic carbocycles. The van der Waals surface area contributed by atoms with Crippen molar-refractivity contribution in [2.24, 2.45) is 5.92 Å². The van der Waals surface area contributed by atoms with E-state index in [4.69, 9.17) is 16.3 Å². The van der Waals surface area contributed by atoms with E-state index in [1.165, 1.54) is 20.0 Å². The Labute approximate surface area is 132 Å². The summed E-state index contributed by atoms with van der Waals surface area (Å²) >= 11 is 7.40. The van der Waals surface area contributed by atoms with Gasteiger partial charge in [-0.15, -0.1) is 11.3 Å². The highest BCUT2D eigenvalue weighted by Gasteiger charge is 2.37. The Balaban J connectivity index is 2.00. The van der Waals surface area contributed by atoms with Crippen LogP contribution in [0.25, 0.3) is 4.96 Å². The van der Waals surface area contributed by atoms with Crippen molar-refractivity contribution in [1.29, 1.82) is 0 Å². The highest BCUT2D eigenvalue weighted by molar-refractivity contribution is 7.89. The lowest BCUT2D eigenvalue weighted by molar-refractivity contribution is 0.0183. The minimum Gasteiger partial charge on any atom is -0.380 e. The molecule has 2 unspecified atom stereocenters. The summed E-state index contributed by atoms with van der Waals surface area (Å²) in [5, 5.41) is 1.85. The summed E-state index contributed by atoms with van der Waals surface area (Å²) in [6, 6.07) is 0. The molecule has 116 valence electrons. The van der Waals surface area contributed by atoms with E-state index in [0.717, 1.165) is 6.42 Å². The van der Waals surface area contributed by atoms with Crippen molar-refractivity contribution in [2.45, 2.75) is 24.5 Å². The molecule has 1 aliphatic heterocycles. The van der Waals surface area contributed by atoms with Crippen LogP contribution in [-0.4, -0.2) is 48.4 Å². The smallest absolute Gasteiger partial charge is 0.262 e. The molecule has 1 aliphatic rings.